The molecule has 0 aliphatic carbocycles. The predicted octanol–water partition coefficient (Wildman–Crippen LogP) is 6.20. The molecule has 1 amide bonds. The van der Waals surface area contributed by atoms with Crippen LogP contribution in [0.2, 0.25) is 0 Å². The number of hydrogen-bond donors (Lipinski definition) is 0. The first-order chi connectivity index (χ1) is 16.2. The zero-order valence-corrected chi connectivity index (χ0v) is 18.5. The molecule has 0 N–H and O–H groups in total. The Morgan fingerprint density at radius 1 is 0.879 bits per heavy atom. The normalized spacial score (nSPS) is 11.1. The molecule has 0 saturated carbocycles. The predicted molar refractivity (Wildman–Crippen MR) is 130 cm³/mol. The Balaban J connectivity index is 1.63. The van der Waals surface area contributed by atoms with Gasteiger partial charge in [0, 0.05) is 12.4 Å². The molecule has 5 aromatic rings. The third-order valence-corrected chi connectivity index (χ3v) is 6.48. The summed E-state index contributed by atoms with van der Waals surface area (Å²) in [5.41, 5.74) is 2.91. The summed E-state index contributed by atoms with van der Waals surface area (Å²) >= 11 is 1.31. The average Bonchev–Trinajstić information content (AvgIpc) is 3.30. The number of nitrogens with zero attached hydrogens (tertiary/aromatic N) is 3. The standard InChI is InChI=1S/C27H20FN3OS/c28-22-14-7-15-23-25(22)30-27(33-23)31(18-19-9-8-16-29-17-19)26(32)24(20-10-3-1-4-11-20)21-12-5-2-6-13-21/h1-17,24H,18H2. The highest BCUT2D eigenvalue weighted by Gasteiger charge is 2.30. The van der Waals surface area contributed by atoms with Gasteiger partial charge in [0.25, 0.3) is 0 Å². The number of rotatable bonds is 6. The number of hydrogen-bond acceptors (Lipinski definition) is 4. The van der Waals surface area contributed by atoms with Crippen molar-refractivity contribution in [2.24, 2.45) is 0 Å². The molecule has 33 heavy (non-hydrogen) atoms. The van der Waals surface area contributed by atoms with Crippen LogP contribution in [0, 0.1) is 5.82 Å². The molecule has 0 bridgehead atoms. The molecule has 162 valence electrons. The van der Waals surface area contributed by atoms with E-state index in [0.29, 0.717) is 9.83 Å². The van der Waals surface area contributed by atoms with Gasteiger partial charge in [-0.15, -0.1) is 0 Å². The third-order valence-electron chi connectivity index (χ3n) is 5.43. The Bertz CT molecular complexity index is 1330. The highest BCUT2D eigenvalue weighted by atomic mass is 32.1. The van der Waals surface area contributed by atoms with Crippen molar-refractivity contribution in [2.45, 2.75) is 12.5 Å². The summed E-state index contributed by atoms with van der Waals surface area (Å²) in [6.07, 6.45) is 3.42. The van der Waals surface area contributed by atoms with Crippen molar-refractivity contribution in [3.05, 3.63) is 126 Å². The van der Waals surface area contributed by atoms with E-state index in [4.69, 9.17) is 0 Å². The van der Waals surface area contributed by atoms with E-state index in [1.54, 1.807) is 23.4 Å². The van der Waals surface area contributed by atoms with Gasteiger partial charge in [-0.25, -0.2) is 9.37 Å². The van der Waals surface area contributed by atoms with Gasteiger partial charge in [-0.05, 0) is 34.9 Å². The zero-order valence-electron chi connectivity index (χ0n) is 17.6. The molecular formula is C27H20FN3OS. The van der Waals surface area contributed by atoms with E-state index >= 15 is 0 Å². The zero-order chi connectivity index (χ0) is 22.6. The summed E-state index contributed by atoms with van der Waals surface area (Å²) < 4.78 is 15.1. The van der Waals surface area contributed by atoms with Crippen LogP contribution in [-0.4, -0.2) is 15.9 Å². The Hall–Kier alpha value is -3.90. The number of anilines is 1. The van der Waals surface area contributed by atoms with Gasteiger partial charge in [-0.1, -0.05) is 84.1 Å². The van der Waals surface area contributed by atoms with Crippen LogP contribution in [0.15, 0.2) is 103 Å². The van der Waals surface area contributed by atoms with E-state index in [1.807, 2.05) is 78.9 Å². The minimum Gasteiger partial charge on any atom is -0.283 e. The number of para-hydroxylation sites is 1. The highest BCUT2D eigenvalue weighted by molar-refractivity contribution is 7.22. The summed E-state index contributed by atoms with van der Waals surface area (Å²) in [5, 5.41) is 0.459. The number of carbonyl (C=O) groups is 1. The minimum absolute atomic E-state index is 0.129. The SMILES string of the molecule is O=C(C(c1ccccc1)c1ccccc1)N(Cc1cccnc1)c1nc2c(F)cccc2s1. The number of benzene rings is 3. The average molecular weight is 454 g/mol. The Morgan fingerprint density at radius 2 is 1.58 bits per heavy atom. The van der Waals surface area contributed by atoms with Crippen LogP contribution in [0.3, 0.4) is 0 Å². The quantitative estimate of drug-likeness (QED) is 0.308. The summed E-state index contributed by atoms with van der Waals surface area (Å²) in [7, 11) is 0. The van der Waals surface area contributed by atoms with Gasteiger partial charge in [-0.3, -0.25) is 14.7 Å². The van der Waals surface area contributed by atoms with Crippen molar-refractivity contribution in [1.82, 2.24) is 9.97 Å². The molecule has 0 fully saturated rings. The number of thiazole rings is 1. The molecule has 0 aliphatic heterocycles. The molecule has 5 rings (SSSR count). The van der Waals surface area contributed by atoms with Crippen LogP contribution in [0.25, 0.3) is 10.2 Å². The third kappa shape index (κ3) is 4.38. The lowest BCUT2D eigenvalue weighted by atomic mass is 9.90. The van der Waals surface area contributed by atoms with Crippen LogP contribution in [0.5, 0.6) is 0 Å². The summed E-state index contributed by atoms with van der Waals surface area (Å²) in [6.45, 7) is 0.282. The van der Waals surface area contributed by atoms with Crippen molar-refractivity contribution in [2.75, 3.05) is 4.90 Å². The topological polar surface area (TPSA) is 46.1 Å². The van der Waals surface area contributed by atoms with Gasteiger partial charge in [0.05, 0.1) is 17.2 Å². The van der Waals surface area contributed by atoms with E-state index in [1.165, 1.54) is 17.4 Å². The van der Waals surface area contributed by atoms with Crippen LogP contribution in [-0.2, 0) is 11.3 Å². The summed E-state index contributed by atoms with van der Waals surface area (Å²) in [5.74, 6) is -1.05. The first-order valence-electron chi connectivity index (χ1n) is 10.6. The summed E-state index contributed by atoms with van der Waals surface area (Å²) in [6, 6.07) is 28.0. The molecule has 0 atom stereocenters. The smallest absolute Gasteiger partial charge is 0.241 e. The van der Waals surface area contributed by atoms with Crippen molar-refractivity contribution in [3.8, 4) is 0 Å². The van der Waals surface area contributed by atoms with Crippen LogP contribution < -0.4 is 4.90 Å². The number of halogens is 1. The van der Waals surface area contributed by atoms with Gasteiger partial charge in [-0.2, -0.15) is 0 Å². The van der Waals surface area contributed by atoms with Gasteiger partial charge in [0.15, 0.2) is 5.13 Å². The van der Waals surface area contributed by atoms with Crippen molar-refractivity contribution in [3.63, 3.8) is 0 Å². The van der Waals surface area contributed by atoms with E-state index in [-0.39, 0.29) is 18.0 Å². The molecule has 0 spiro atoms. The van der Waals surface area contributed by atoms with Crippen molar-refractivity contribution in [1.29, 1.82) is 0 Å². The van der Waals surface area contributed by atoms with Crippen LogP contribution in [0.1, 0.15) is 22.6 Å². The van der Waals surface area contributed by atoms with Crippen LogP contribution in [0.4, 0.5) is 9.52 Å². The molecule has 2 aromatic heterocycles. The lowest BCUT2D eigenvalue weighted by molar-refractivity contribution is -0.119. The molecule has 3 aromatic carbocycles. The van der Waals surface area contributed by atoms with E-state index in [0.717, 1.165) is 16.7 Å². The van der Waals surface area contributed by atoms with Crippen LogP contribution >= 0.6 is 11.3 Å². The molecule has 0 saturated heterocycles. The molecule has 2 heterocycles. The lowest BCUT2D eigenvalue weighted by Crippen LogP contribution is -2.35. The largest absolute Gasteiger partial charge is 0.283 e. The maximum absolute atomic E-state index is 14.4. The minimum atomic E-state index is -0.527. The van der Waals surface area contributed by atoms with E-state index < -0.39 is 11.7 Å². The van der Waals surface area contributed by atoms with Gasteiger partial charge in [0.2, 0.25) is 5.91 Å². The highest BCUT2D eigenvalue weighted by Crippen LogP contribution is 2.35. The molecule has 0 unspecified atom stereocenters. The summed E-state index contributed by atoms with van der Waals surface area (Å²) in [4.78, 5) is 24.6. The number of pyridine rings is 1. The first kappa shape index (κ1) is 21.0. The molecule has 6 heteroatoms. The monoisotopic (exact) mass is 453 g/mol. The van der Waals surface area contributed by atoms with E-state index in [2.05, 4.69) is 9.97 Å². The lowest BCUT2D eigenvalue weighted by Gasteiger charge is -2.26. The molecule has 0 aliphatic rings. The second kappa shape index (κ2) is 9.30. The second-order valence-electron chi connectivity index (χ2n) is 7.62. The van der Waals surface area contributed by atoms with E-state index in [9.17, 15) is 9.18 Å². The van der Waals surface area contributed by atoms with Crippen molar-refractivity contribution < 1.29 is 9.18 Å². The molecular weight excluding hydrogens is 433 g/mol. The Kier molecular flexibility index (Phi) is 5.91. The maximum Gasteiger partial charge on any atom is 0.241 e. The second-order valence-corrected chi connectivity index (χ2v) is 8.63. The molecule has 4 nitrogen and oxygen atoms in total. The Labute approximate surface area is 195 Å². The fourth-order valence-electron chi connectivity index (χ4n) is 3.86. The van der Waals surface area contributed by atoms with Gasteiger partial charge in [0.1, 0.15) is 11.3 Å². The van der Waals surface area contributed by atoms with Gasteiger partial charge < -0.3 is 0 Å². The number of amides is 1. The molecule has 0 radical (unpaired) electrons. The fraction of sp³-hybridized carbons (Fsp3) is 0.0741. The fourth-order valence-corrected chi connectivity index (χ4v) is 4.84. The first-order valence-corrected chi connectivity index (χ1v) is 11.4. The van der Waals surface area contributed by atoms with Crippen molar-refractivity contribution >= 4 is 32.6 Å². The maximum atomic E-state index is 14.4. The number of fused-ring (bicyclic) bond motifs is 1. The number of aromatic nitrogens is 2. The number of carbonyl (C=O) groups excluding carboxylic acids is 1. The van der Waals surface area contributed by atoms with Gasteiger partial charge >= 0.3 is 0 Å². The Morgan fingerprint density at radius 3 is 2.18 bits per heavy atom.